The van der Waals surface area contributed by atoms with Gasteiger partial charge in [0.2, 0.25) is 6.41 Å². The van der Waals surface area contributed by atoms with Crippen molar-refractivity contribution < 1.29 is 33.8 Å². The number of hydrogen-bond donors (Lipinski definition) is 1. The molecule has 1 aromatic carbocycles. The maximum Gasteiger partial charge on any atom is 0.416 e. The smallest absolute Gasteiger partial charge is 0.416 e. The predicted octanol–water partition coefficient (Wildman–Crippen LogP) is 1.19. The molecule has 0 aromatic heterocycles. The Kier molecular flexibility index (Phi) is 7.25. The summed E-state index contributed by atoms with van der Waals surface area (Å²) < 4.78 is 9.54. The van der Waals surface area contributed by atoms with Gasteiger partial charge in [-0.15, -0.1) is 0 Å². The third kappa shape index (κ3) is 6.60. The molecule has 0 unspecified atom stereocenters. The zero-order chi connectivity index (χ0) is 17.2. The summed E-state index contributed by atoms with van der Waals surface area (Å²) in [7, 11) is 0. The molecule has 1 rings (SSSR count). The Morgan fingerprint density at radius 3 is 2.43 bits per heavy atom. The molecular formula is C15H17NO7. The minimum absolute atomic E-state index is 0.0175. The summed E-state index contributed by atoms with van der Waals surface area (Å²) in [6, 6.07) is 8.86. The number of carbonyl (C=O) groups excluding carboxylic acids is 3. The Hall–Kier alpha value is -2.90. The van der Waals surface area contributed by atoms with Crippen molar-refractivity contribution in [3.8, 4) is 0 Å². The second-order valence-electron chi connectivity index (χ2n) is 4.56. The second kappa shape index (κ2) is 9.19. The molecule has 0 spiro atoms. The second-order valence-corrected chi connectivity index (χ2v) is 4.56. The van der Waals surface area contributed by atoms with Crippen LogP contribution in [0.2, 0.25) is 0 Å². The number of esters is 1. The van der Waals surface area contributed by atoms with E-state index in [0.717, 1.165) is 12.5 Å². The molecule has 0 aliphatic heterocycles. The molecule has 124 valence electrons. The molecule has 1 atom stereocenters. The van der Waals surface area contributed by atoms with Crippen LogP contribution in [0.15, 0.2) is 30.3 Å². The summed E-state index contributed by atoms with van der Waals surface area (Å²) in [5, 5.41) is 8.90. The maximum absolute atomic E-state index is 11.8. The van der Waals surface area contributed by atoms with E-state index in [1.165, 1.54) is 0 Å². The molecule has 8 heteroatoms. The third-order valence-electron chi connectivity index (χ3n) is 2.78. The topological polar surface area (TPSA) is 110 Å². The minimum Gasteiger partial charge on any atom is -0.479 e. The van der Waals surface area contributed by atoms with Crippen LogP contribution in [-0.2, 0) is 30.5 Å². The summed E-state index contributed by atoms with van der Waals surface area (Å²) in [5.74, 6) is -2.12. The zero-order valence-corrected chi connectivity index (χ0v) is 12.5. The van der Waals surface area contributed by atoms with Crippen LogP contribution >= 0.6 is 0 Å². The molecule has 23 heavy (non-hydrogen) atoms. The molecule has 0 heterocycles. The molecule has 1 N–H and O–H groups in total. The first-order valence-corrected chi connectivity index (χ1v) is 6.76. The Labute approximate surface area is 132 Å². The number of nitrogens with zero attached hydrogens (tertiary/aromatic N) is 1. The highest BCUT2D eigenvalue weighted by molar-refractivity contribution is 5.80. The van der Waals surface area contributed by atoms with Crippen molar-refractivity contribution in [2.45, 2.75) is 26.1 Å². The number of rotatable bonds is 8. The van der Waals surface area contributed by atoms with Gasteiger partial charge in [0.25, 0.3) is 0 Å². The van der Waals surface area contributed by atoms with Crippen LogP contribution in [0.1, 0.15) is 18.9 Å². The first-order valence-electron chi connectivity index (χ1n) is 6.76. The van der Waals surface area contributed by atoms with Crippen molar-refractivity contribution in [2.24, 2.45) is 0 Å². The number of amides is 2. The fourth-order valence-electron chi connectivity index (χ4n) is 1.68. The Balaban J connectivity index is 2.51. The number of carboxylic acid groups (broad SMARTS) is 1. The highest BCUT2D eigenvalue weighted by Crippen LogP contribution is 2.05. The minimum atomic E-state index is -1.43. The summed E-state index contributed by atoms with van der Waals surface area (Å²) in [4.78, 5) is 45.1. The zero-order valence-electron chi connectivity index (χ0n) is 12.5. The number of imide groups is 1. The SMILES string of the molecule is CC(=O)O[C@H](CCN(C=O)C(=O)OCc1ccccc1)C(=O)O. The summed E-state index contributed by atoms with van der Waals surface area (Å²) in [6.07, 6.45) is -2.33. The summed E-state index contributed by atoms with van der Waals surface area (Å²) in [6.45, 7) is 0.805. The van der Waals surface area contributed by atoms with Crippen LogP contribution < -0.4 is 0 Å². The molecule has 0 bridgehead atoms. The van der Waals surface area contributed by atoms with Gasteiger partial charge in [0.15, 0.2) is 6.10 Å². The van der Waals surface area contributed by atoms with Gasteiger partial charge in [-0.2, -0.15) is 0 Å². The van der Waals surface area contributed by atoms with E-state index in [-0.39, 0.29) is 26.0 Å². The molecule has 0 radical (unpaired) electrons. The molecule has 0 fully saturated rings. The van der Waals surface area contributed by atoms with Crippen molar-refractivity contribution in [1.29, 1.82) is 0 Å². The van der Waals surface area contributed by atoms with Gasteiger partial charge in [0.1, 0.15) is 6.61 Å². The molecule has 0 saturated carbocycles. The van der Waals surface area contributed by atoms with Gasteiger partial charge < -0.3 is 14.6 Å². The highest BCUT2D eigenvalue weighted by Gasteiger charge is 2.23. The van der Waals surface area contributed by atoms with Gasteiger partial charge in [0, 0.05) is 19.9 Å². The molecule has 2 amide bonds. The quantitative estimate of drug-likeness (QED) is 0.565. The number of benzene rings is 1. The first-order chi connectivity index (χ1) is 10.9. The van der Waals surface area contributed by atoms with Crippen LogP contribution in [0, 0.1) is 0 Å². The molecular weight excluding hydrogens is 306 g/mol. The lowest BCUT2D eigenvalue weighted by Gasteiger charge is -2.18. The predicted molar refractivity (Wildman–Crippen MR) is 77.2 cm³/mol. The van der Waals surface area contributed by atoms with Crippen molar-refractivity contribution in [2.75, 3.05) is 6.54 Å². The lowest BCUT2D eigenvalue weighted by molar-refractivity contribution is -0.163. The molecule has 0 aliphatic rings. The largest absolute Gasteiger partial charge is 0.479 e. The van der Waals surface area contributed by atoms with Crippen molar-refractivity contribution in [3.63, 3.8) is 0 Å². The Morgan fingerprint density at radius 2 is 1.91 bits per heavy atom. The van der Waals surface area contributed by atoms with Crippen LogP contribution in [0.25, 0.3) is 0 Å². The lowest BCUT2D eigenvalue weighted by atomic mass is 10.2. The van der Waals surface area contributed by atoms with E-state index in [2.05, 4.69) is 4.74 Å². The van der Waals surface area contributed by atoms with E-state index in [1.807, 2.05) is 6.07 Å². The molecule has 8 nitrogen and oxygen atoms in total. The van der Waals surface area contributed by atoms with E-state index in [4.69, 9.17) is 9.84 Å². The standard InChI is InChI=1S/C15H17NO7/c1-11(18)23-13(14(19)20)7-8-16(10-17)15(21)22-9-12-5-3-2-4-6-12/h2-6,10,13H,7-9H2,1H3,(H,19,20)/t13-/m1/s1. The lowest BCUT2D eigenvalue weighted by Crippen LogP contribution is -2.36. The van der Waals surface area contributed by atoms with Gasteiger partial charge in [-0.25, -0.2) is 14.5 Å². The van der Waals surface area contributed by atoms with Gasteiger partial charge in [-0.05, 0) is 5.56 Å². The number of aliphatic carboxylic acids is 1. The molecule has 0 saturated heterocycles. The fraction of sp³-hybridized carbons (Fsp3) is 0.333. The van der Waals surface area contributed by atoms with Gasteiger partial charge in [-0.3, -0.25) is 9.59 Å². The van der Waals surface area contributed by atoms with Crippen molar-refractivity contribution >= 4 is 24.4 Å². The number of hydrogen-bond acceptors (Lipinski definition) is 6. The van der Waals surface area contributed by atoms with Crippen molar-refractivity contribution in [3.05, 3.63) is 35.9 Å². The van der Waals surface area contributed by atoms with Crippen LogP contribution in [0.3, 0.4) is 0 Å². The van der Waals surface area contributed by atoms with E-state index in [1.54, 1.807) is 24.3 Å². The van der Waals surface area contributed by atoms with E-state index in [0.29, 0.717) is 4.90 Å². The maximum atomic E-state index is 11.8. The molecule has 0 aliphatic carbocycles. The van der Waals surface area contributed by atoms with Gasteiger partial charge >= 0.3 is 18.0 Å². The Bertz CT molecular complexity index is 558. The van der Waals surface area contributed by atoms with E-state index < -0.39 is 24.1 Å². The van der Waals surface area contributed by atoms with E-state index >= 15 is 0 Å². The number of ether oxygens (including phenoxy) is 2. The third-order valence-corrected chi connectivity index (χ3v) is 2.78. The average Bonchev–Trinajstić information content (AvgIpc) is 2.52. The fourth-order valence-corrected chi connectivity index (χ4v) is 1.68. The monoisotopic (exact) mass is 323 g/mol. The normalized spacial score (nSPS) is 11.2. The summed E-state index contributed by atoms with van der Waals surface area (Å²) >= 11 is 0. The number of carboxylic acids is 1. The van der Waals surface area contributed by atoms with Gasteiger partial charge in [0.05, 0.1) is 0 Å². The average molecular weight is 323 g/mol. The first kappa shape index (κ1) is 18.1. The van der Waals surface area contributed by atoms with Crippen LogP contribution in [0.5, 0.6) is 0 Å². The van der Waals surface area contributed by atoms with Crippen molar-refractivity contribution in [1.82, 2.24) is 4.90 Å². The van der Waals surface area contributed by atoms with E-state index in [9.17, 15) is 19.2 Å². The van der Waals surface area contributed by atoms with Crippen LogP contribution in [-0.4, -0.2) is 47.1 Å². The highest BCUT2D eigenvalue weighted by atomic mass is 16.6. The van der Waals surface area contributed by atoms with Crippen LogP contribution in [0.4, 0.5) is 4.79 Å². The Morgan fingerprint density at radius 1 is 1.26 bits per heavy atom. The van der Waals surface area contributed by atoms with Gasteiger partial charge in [-0.1, -0.05) is 30.3 Å². The molecule has 1 aromatic rings. The number of carbonyl (C=O) groups is 4. The summed E-state index contributed by atoms with van der Waals surface area (Å²) in [5.41, 5.74) is 0.745.